The lowest BCUT2D eigenvalue weighted by Gasteiger charge is -1.98. The molecule has 0 spiro atoms. The minimum atomic E-state index is -0.482. The van der Waals surface area contributed by atoms with Gasteiger partial charge in [0, 0.05) is 5.56 Å². The van der Waals surface area contributed by atoms with E-state index in [0.29, 0.717) is 22.4 Å². The van der Waals surface area contributed by atoms with E-state index in [1.54, 1.807) is 18.2 Å². The van der Waals surface area contributed by atoms with Gasteiger partial charge < -0.3 is 9.84 Å². The van der Waals surface area contributed by atoms with Crippen molar-refractivity contribution in [2.75, 3.05) is 0 Å². The van der Waals surface area contributed by atoms with Crippen molar-refractivity contribution >= 4 is 17.6 Å². The molecule has 1 aliphatic heterocycles. The monoisotopic (exact) mass is 256 g/mol. The molecule has 0 radical (unpaired) electrons. The number of phenols is 1. The normalized spacial score (nSPS) is 15.4. The van der Waals surface area contributed by atoms with Gasteiger partial charge in [-0.1, -0.05) is 12.1 Å². The van der Waals surface area contributed by atoms with E-state index in [4.69, 9.17) is 4.74 Å². The van der Waals surface area contributed by atoms with E-state index in [1.807, 2.05) is 0 Å². The fraction of sp³-hybridized carbons (Fsp3) is 0. The average molecular weight is 256 g/mol. The quantitative estimate of drug-likeness (QED) is 0.484. The lowest BCUT2D eigenvalue weighted by molar-refractivity contribution is -0.126. The Bertz CT molecular complexity index is 687. The standard InChI is InChI=1S/C15H9FO3/c16-10-3-1-9(2-4-10)7-13-12-8-11(17)5-6-14(12)19-15(13)18/h1-8,17H/b13-7-. The maximum absolute atomic E-state index is 12.8. The van der Waals surface area contributed by atoms with Crippen LogP contribution in [0.4, 0.5) is 4.39 Å². The zero-order chi connectivity index (χ0) is 13.4. The number of carbonyl (C=O) groups is 1. The second-order valence-electron chi connectivity index (χ2n) is 4.18. The number of hydrogen-bond donors (Lipinski definition) is 1. The predicted molar refractivity (Wildman–Crippen MR) is 68.0 cm³/mol. The maximum atomic E-state index is 12.8. The first kappa shape index (κ1) is 11.5. The molecule has 0 unspecified atom stereocenters. The Morgan fingerprint density at radius 3 is 2.58 bits per heavy atom. The smallest absolute Gasteiger partial charge is 0.344 e. The van der Waals surface area contributed by atoms with Crippen LogP contribution >= 0.6 is 0 Å². The van der Waals surface area contributed by atoms with Gasteiger partial charge in [0.1, 0.15) is 17.3 Å². The van der Waals surface area contributed by atoms with Gasteiger partial charge in [0.2, 0.25) is 0 Å². The van der Waals surface area contributed by atoms with E-state index >= 15 is 0 Å². The second kappa shape index (κ2) is 4.24. The highest BCUT2D eigenvalue weighted by Gasteiger charge is 2.27. The highest BCUT2D eigenvalue weighted by atomic mass is 19.1. The highest BCUT2D eigenvalue weighted by molar-refractivity contribution is 6.26. The molecule has 94 valence electrons. The van der Waals surface area contributed by atoms with Crippen molar-refractivity contribution in [2.45, 2.75) is 0 Å². The van der Waals surface area contributed by atoms with E-state index < -0.39 is 5.97 Å². The summed E-state index contributed by atoms with van der Waals surface area (Å²) in [5, 5.41) is 9.46. The molecule has 1 heterocycles. The number of carbonyl (C=O) groups excluding carboxylic acids is 1. The third-order valence-electron chi connectivity index (χ3n) is 2.86. The third kappa shape index (κ3) is 2.08. The van der Waals surface area contributed by atoms with Gasteiger partial charge in [-0.15, -0.1) is 0 Å². The Morgan fingerprint density at radius 2 is 1.84 bits per heavy atom. The van der Waals surface area contributed by atoms with Crippen molar-refractivity contribution in [3.05, 3.63) is 59.4 Å². The lowest BCUT2D eigenvalue weighted by Crippen LogP contribution is -2.00. The molecule has 3 nitrogen and oxygen atoms in total. The Morgan fingerprint density at radius 1 is 1.11 bits per heavy atom. The van der Waals surface area contributed by atoms with E-state index in [0.717, 1.165) is 0 Å². The minimum absolute atomic E-state index is 0.0575. The molecular weight excluding hydrogens is 247 g/mol. The molecule has 0 amide bonds. The van der Waals surface area contributed by atoms with Crippen LogP contribution in [0.2, 0.25) is 0 Å². The van der Waals surface area contributed by atoms with Gasteiger partial charge in [-0.05, 0) is 42.0 Å². The van der Waals surface area contributed by atoms with Crippen LogP contribution in [0.5, 0.6) is 11.5 Å². The summed E-state index contributed by atoms with van der Waals surface area (Å²) in [5.74, 6) is -0.350. The molecule has 1 aliphatic rings. The largest absolute Gasteiger partial charge is 0.508 e. The molecule has 19 heavy (non-hydrogen) atoms. The summed E-state index contributed by atoms with van der Waals surface area (Å²) in [6, 6.07) is 10.2. The summed E-state index contributed by atoms with van der Waals surface area (Å²) >= 11 is 0. The minimum Gasteiger partial charge on any atom is -0.508 e. The van der Waals surface area contributed by atoms with Crippen molar-refractivity contribution < 1.29 is 19.0 Å². The molecule has 0 fully saturated rings. The number of rotatable bonds is 1. The molecule has 4 heteroatoms. The van der Waals surface area contributed by atoms with Gasteiger partial charge >= 0.3 is 5.97 Å². The van der Waals surface area contributed by atoms with Crippen LogP contribution in [0.15, 0.2) is 42.5 Å². The second-order valence-corrected chi connectivity index (χ2v) is 4.18. The van der Waals surface area contributed by atoms with Crippen LogP contribution in [-0.2, 0) is 4.79 Å². The van der Waals surface area contributed by atoms with Gasteiger partial charge in [0.05, 0.1) is 5.57 Å². The van der Waals surface area contributed by atoms with Crippen molar-refractivity contribution in [3.63, 3.8) is 0 Å². The predicted octanol–water partition coefficient (Wildman–Crippen LogP) is 2.99. The topological polar surface area (TPSA) is 46.5 Å². The maximum Gasteiger partial charge on any atom is 0.344 e. The number of ether oxygens (including phenoxy) is 1. The summed E-state index contributed by atoms with van der Waals surface area (Å²) in [6.45, 7) is 0. The van der Waals surface area contributed by atoms with Crippen LogP contribution in [0.1, 0.15) is 11.1 Å². The molecule has 0 saturated heterocycles. The summed E-state index contributed by atoms with van der Waals surface area (Å²) in [6.07, 6.45) is 1.60. The fourth-order valence-corrected chi connectivity index (χ4v) is 1.94. The van der Waals surface area contributed by atoms with Crippen molar-refractivity contribution in [3.8, 4) is 11.5 Å². The molecule has 0 saturated carbocycles. The SMILES string of the molecule is O=C1Oc2ccc(O)cc2/C1=C/c1ccc(F)cc1. The van der Waals surface area contributed by atoms with Crippen LogP contribution in [0, 0.1) is 5.82 Å². The first-order chi connectivity index (χ1) is 9.13. The third-order valence-corrected chi connectivity index (χ3v) is 2.86. The number of fused-ring (bicyclic) bond motifs is 1. The van der Waals surface area contributed by atoms with Gasteiger partial charge in [0.15, 0.2) is 0 Å². The first-order valence-electron chi connectivity index (χ1n) is 5.66. The van der Waals surface area contributed by atoms with E-state index in [1.165, 1.54) is 30.3 Å². The van der Waals surface area contributed by atoms with E-state index in [-0.39, 0.29) is 11.6 Å². The molecule has 2 aromatic carbocycles. The highest BCUT2D eigenvalue weighted by Crippen LogP contribution is 2.37. The van der Waals surface area contributed by atoms with Gasteiger partial charge in [-0.25, -0.2) is 9.18 Å². The van der Waals surface area contributed by atoms with Gasteiger partial charge in [-0.2, -0.15) is 0 Å². The molecule has 0 bridgehead atoms. The molecule has 2 aromatic rings. The van der Waals surface area contributed by atoms with Gasteiger partial charge in [0.25, 0.3) is 0 Å². The number of aromatic hydroxyl groups is 1. The number of benzene rings is 2. The van der Waals surface area contributed by atoms with Crippen LogP contribution in [0.3, 0.4) is 0 Å². The molecule has 0 aromatic heterocycles. The Hall–Kier alpha value is -2.62. The number of halogens is 1. The van der Waals surface area contributed by atoms with Crippen LogP contribution in [0.25, 0.3) is 11.6 Å². The Labute approximate surface area is 108 Å². The molecule has 3 rings (SSSR count). The number of hydrogen-bond acceptors (Lipinski definition) is 3. The first-order valence-corrected chi connectivity index (χ1v) is 5.66. The molecule has 1 N–H and O–H groups in total. The number of esters is 1. The van der Waals surface area contributed by atoms with Crippen molar-refractivity contribution in [2.24, 2.45) is 0 Å². The van der Waals surface area contributed by atoms with E-state index in [2.05, 4.69) is 0 Å². The summed E-state index contributed by atoms with van der Waals surface area (Å²) in [7, 11) is 0. The summed E-state index contributed by atoms with van der Waals surface area (Å²) < 4.78 is 17.9. The molecule has 0 atom stereocenters. The molecule has 0 aliphatic carbocycles. The van der Waals surface area contributed by atoms with Crippen LogP contribution in [-0.4, -0.2) is 11.1 Å². The van der Waals surface area contributed by atoms with E-state index in [9.17, 15) is 14.3 Å². The molecular formula is C15H9FO3. The number of phenolic OH excluding ortho intramolecular Hbond substituents is 1. The van der Waals surface area contributed by atoms with Crippen LogP contribution < -0.4 is 4.74 Å². The zero-order valence-electron chi connectivity index (χ0n) is 9.76. The average Bonchev–Trinajstić information content (AvgIpc) is 2.69. The van der Waals surface area contributed by atoms with Crippen molar-refractivity contribution in [1.29, 1.82) is 0 Å². The Balaban J connectivity index is 2.08. The fourth-order valence-electron chi connectivity index (χ4n) is 1.94. The zero-order valence-corrected chi connectivity index (χ0v) is 9.76. The Kier molecular flexibility index (Phi) is 2.56. The van der Waals surface area contributed by atoms with Gasteiger partial charge in [-0.3, -0.25) is 0 Å². The summed E-state index contributed by atoms with van der Waals surface area (Å²) in [5.41, 5.74) is 1.57. The van der Waals surface area contributed by atoms with Crippen molar-refractivity contribution in [1.82, 2.24) is 0 Å². The lowest BCUT2D eigenvalue weighted by atomic mass is 10.0. The summed E-state index contributed by atoms with van der Waals surface area (Å²) in [4.78, 5) is 11.8.